The van der Waals surface area contributed by atoms with Crippen molar-refractivity contribution in [3.8, 4) is 11.4 Å². The molecule has 1 aliphatic heterocycles. The largest absolute Gasteiger partial charge is 0.451 e. The summed E-state index contributed by atoms with van der Waals surface area (Å²) in [7, 11) is 0. The Morgan fingerprint density at radius 3 is 2.96 bits per heavy atom. The summed E-state index contributed by atoms with van der Waals surface area (Å²) in [6, 6.07) is 5.55. The zero-order chi connectivity index (χ0) is 18.4. The molecule has 4 heterocycles. The maximum Gasteiger partial charge on any atom is 0.272 e. The second-order valence-corrected chi connectivity index (χ2v) is 7.41. The standard InChI is InChI=1S/C20H21N5O2/c1-13-3-2-4-16(22-13)20(26)24-8-7-18-15(10-24)19(17-11-27-12-21-17)23-25(18)9-14-5-6-14/h2-4,11-12,14H,5-10H2,1H3. The van der Waals surface area contributed by atoms with Crippen LogP contribution in [-0.2, 0) is 19.5 Å². The van der Waals surface area contributed by atoms with Crippen molar-refractivity contribution in [1.29, 1.82) is 0 Å². The number of rotatable bonds is 4. The van der Waals surface area contributed by atoms with Gasteiger partial charge in [-0.2, -0.15) is 5.10 Å². The first kappa shape index (κ1) is 16.2. The number of pyridine rings is 1. The summed E-state index contributed by atoms with van der Waals surface area (Å²) >= 11 is 0. The van der Waals surface area contributed by atoms with Crippen molar-refractivity contribution in [3.05, 3.63) is 53.5 Å². The van der Waals surface area contributed by atoms with Gasteiger partial charge in [0.25, 0.3) is 5.91 Å². The van der Waals surface area contributed by atoms with Crippen molar-refractivity contribution >= 4 is 5.91 Å². The van der Waals surface area contributed by atoms with Gasteiger partial charge in [0.05, 0.1) is 6.54 Å². The van der Waals surface area contributed by atoms with Gasteiger partial charge in [0.15, 0.2) is 6.39 Å². The highest BCUT2D eigenvalue weighted by Gasteiger charge is 2.31. The molecule has 5 rings (SSSR count). The highest BCUT2D eigenvalue weighted by Crippen LogP contribution is 2.34. The number of carbonyl (C=O) groups excluding carboxylic acids is 1. The van der Waals surface area contributed by atoms with Crippen molar-refractivity contribution in [2.75, 3.05) is 6.54 Å². The van der Waals surface area contributed by atoms with E-state index in [0.29, 0.717) is 18.8 Å². The van der Waals surface area contributed by atoms with E-state index in [0.717, 1.165) is 41.5 Å². The summed E-state index contributed by atoms with van der Waals surface area (Å²) in [5.41, 5.74) is 5.20. The zero-order valence-corrected chi connectivity index (χ0v) is 15.3. The number of hydrogen-bond acceptors (Lipinski definition) is 5. The van der Waals surface area contributed by atoms with Gasteiger partial charge in [-0.05, 0) is 37.8 Å². The molecule has 0 atom stereocenters. The van der Waals surface area contributed by atoms with Crippen LogP contribution in [0.1, 0.15) is 40.3 Å². The lowest BCUT2D eigenvalue weighted by molar-refractivity contribution is 0.0727. The van der Waals surface area contributed by atoms with Gasteiger partial charge in [0.1, 0.15) is 23.3 Å². The van der Waals surface area contributed by atoms with Crippen LogP contribution >= 0.6 is 0 Å². The van der Waals surface area contributed by atoms with Crippen molar-refractivity contribution in [1.82, 2.24) is 24.6 Å². The molecule has 27 heavy (non-hydrogen) atoms. The van der Waals surface area contributed by atoms with E-state index >= 15 is 0 Å². The molecular formula is C20H21N5O2. The molecule has 1 aliphatic carbocycles. The number of hydrogen-bond donors (Lipinski definition) is 0. The van der Waals surface area contributed by atoms with Crippen molar-refractivity contribution in [3.63, 3.8) is 0 Å². The Morgan fingerprint density at radius 1 is 1.33 bits per heavy atom. The molecule has 0 bridgehead atoms. The fourth-order valence-electron chi connectivity index (χ4n) is 3.72. The Hall–Kier alpha value is -2.96. The minimum atomic E-state index is -0.0367. The summed E-state index contributed by atoms with van der Waals surface area (Å²) in [4.78, 5) is 23.5. The molecule has 1 fully saturated rings. The first-order valence-electron chi connectivity index (χ1n) is 9.39. The fourth-order valence-corrected chi connectivity index (χ4v) is 3.72. The second kappa shape index (κ2) is 6.33. The Morgan fingerprint density at radius 2 is 2.22 bits per heavy atom. The molecule has 3 aromatic heterocycles. The molecule has 1 saturated carbocycles. The topological polar surface area (TPSA) is 77.0 Å². The van der Waals surface area contributed by atoms with E-state index in [2.05, 4.69) is 14.6 Å². The van der Waals surface area contributed by atoms with Gasteiger partial charge < -0.3 is 9.32 Å². The first-order valence-corrected chi connectivity index (χ1v) is 9.39. The number of oxazole rings is 1. The minimum absolute atomic E-state index is 0.0367. The fraction of sp³-hybridized carbons (Fsp3) is 0.400. The van der Waals surface area contributed by atoms with Crippen LogP contribution in [0.15, 0.2) is 35.3 Å². The van der Waals surface area contributed by atoms with Crippen LogP contribution in [0, 0.1) is 12.8 Å². The van der Waals surface area contributed by atoms with Gasteiger partial charge in [-0.25, -0.2) is 9.97 Å². The molecule has 1 amide bonds. The van der Waals surface area contributed by atoms with Gasteiger partial charge in [-0.1, -0.05) is 6.07 Å². The molecule has 0 spiro atoms. The van der Waals surface area contributed by atoms with Gasteiger partial charge in [0, 0.05) is 36.5 Å². The predicted octanol–water partition coefficient (Wildman–Crippen LogP) is 2.85. The minimum Gasteiger partial charge on any atom is -0.451 e. The van der Waals surface area contributed by atoms with Crippen LogP contribution in [0.25, 0.3) is 11.4 Å². The molecule has 0 unspecified atom stereocenters. The SMILES string of the molecule is Cc1cccc(C(=O)N2CCc3c(c(-c4cocn4)nn3CC3CC3)C2)n1. The van der Waals surface area contributed by atoms with Gasteiger partial charge in [0.2, 0.25) is 0 Å². The van der Waals surface area contributed by atoms with Crippen molar-refractivity contribution in [2.24, 2.45) is 5.92 Å². The van der Waals surface area contributed by atoms with E-state index in [9.17, 15) is 4.79 Å². The maximum atomic E-state index is 13.0. The highest BCUT2D eigenvalue weighted by molar-refractivity contribution is 5.92. The van der Waals surface area contributed by atoms with Crippen LogP contribution in [0.3, 0.4) is 0 Å². The maximum absolute atomic E-state index is 13.0. The number of carbonyl (C=O) groups is 1. The molecular weight excluding hydrogens is 342 g/mol. The Kier molecular flexibility index (Phi) is 3.81. The predicted molar refractivity (Wildman–Crippen MR) is 97.9 cm³/mol. The third-order valence-corrected chi connectivity index (χ3v) is 5.33. The Labute approximate surface area is 157 Å². The summed E-state index contributed by atoms with van der Waals surface area (Å²) < 4.78 is 7.30. The molecule has 2 aliphatic rings. The molecule has 3 aromatic rings. The third kappa shape index (κ3) is 3.03. The average molecular weight is 363 g/mol. The number of aryl methyl sites for hydroxylation is 1. The second-order valence-electron chi connectivity index (χ2n) is 7.41. The molecule has 0 N–H and O–H groups in total. The number of amides is 1. The van der Waals surface area contributed by atoms with Crippen LogP contribution in [0.4, 0.5) is 0 Å². The van der Waals surface area contributed by atoms with E-state index < -0.39 is 0 Å². The lowest BCUT2D eigenvalue weighted by atomic mass is 10.0. The van der Waals surface area contributed by atoms with Gasteiger partial charge in [-0.15, -0.1) is 0 Å². The highest BCUT2D eigenvalue weighted by atomic mass is 16.3. The lowest BCUT2D eigenvalue weighted by Gasteiger charge is -2.27. The quantitative estimate of drug-likeness (QED) is 0.712. The summed E-state index contributed by atoms with van der Waals surface area (Å²) in [6.45, 7) is 4.05. The Bertz CT molecular complexity index is 988. The zero-order valence-electron chi connectivity index (χ0n) is 15.3. The first-order chi connectivity index (χ1) is 13.2. The molecule has 138 valence electrons. The van der Waals surface area contributed by atoms with E-state index in [1.165, 1.54) is 24.9 Å². The van der Waals surface area contributed by atoms with Crippen LogP contribution < -0.4 is 0 Å². The smallest absolute Gasteiger partial charge is 0.272 e. The molecule has 0 aromatic carbocycles. The Balaban J connectivity index is 1.48. The van der Waals surface area contributed by atoms with Crippen LogP contribution in [0.5, 0.6) is 0 Å². The number of aromatic nitrogens is 4. The summed E-state index contributed by atoms with van der Waals surface area (Å²) in [5, 5.41) is 4.84. The summed E-state index contributed by atoms with van der Waals surface area (Å²) in [6.07, 6.45) is 6.39. The molecule has 7 nitrogen and oxygen atoms in total. The average Bonchev–Trinajstić information content (AvgIpc) is 3.19. The van der Waals surface area contributed by atoms with Gasteiger partial charge >= 0.3 is 0 Å². The third-order valence-electron chi connectivity index (χ3n) is 5.33. The van der Waals surface area contributed by atoms with Crippen molar-refractivity contribution < 1.29 is 9.21 Å². The molecule has 0 radical (unpaired) electrons. The van der Waals surface area contributed by atoms with E-state index in [1.807, 2.05) is 24.0 Å². The lowest BCUT2D eigenvalue weighted by Crippen LogP contribution is -2.37. The summed E-state index contributed by atoms with van der Waals surface area (Å²) in [5.74, 6) is 0.695. The monoisotopic (exact) mass is 363 g/mol. The molecule has 0 saturated heterocycles. The molecule has 7 heteroatoms. The van der Waals surface area contributed by atoms with E-state index in [4.69, 9.17) is 9.52 Å². The van der Waals surface area contributed by atoms with E-state index in [-0.39, 0.29) is 5.91 Å². The van der Waals surface area contributed by atoms with Crippen molar-refractivity contribution in [2.45, 2.75) is 39.3 Å². The number of fused-ring (bicyclic) bond motifs is 1. The van der Waals surface area contributed by atoms with Crippen LogP contribution in [0.2, 0.25) is 0 Å². The van der Waals surface area contributed by atoms with Gasteiger partial charge in [-0.3, -0.25) is 9.48 Å². The number of nitrogens with zero attached hydrogens (tertiary/aromatic N) is 5. The van der Waals surface area contributed by atoms with E-state index in [1.54, 1.807) is 12.3 Å². The van der Waals surface area contributed by atoms with Crippen LogP contribution in [-0.4, -0.2) is 37.1 Å². The normalized spacial score (nSPS) is 16.4.